The van der Waals surface area contributed by atoms with Gasteiger partial charge in [-0.3, -0.25) is 4.98 Å². The Morgan fingerprint density at radius 2 is 1.59 bits per heavy atom. The molecule has 0 saturated heterocycles. The summed E-state index contributed by atoms with van der Waals surface area (Å²) in [6.45, 7) is 7.67. The molecule has 1 N–H and O–H groups in total. The lowest BCUT2D eigenvalue weighted by atomic mass is 9.99. The summed E-state index contributed by atoms with van der Waals surface area (Å²) in [6.07, 6.45) is 4.56. The second kappa shape index (κ2) is 12.8. The van der Waals surface area contributed by atoms with Crippen LogP contribution in [-0.4, -0.2) is 46.8 Å². The van der Waals surface area contributed by atoms with Crippen molar-refractivity contribution in [3.05, 3.63) is 66.9 Å². The highest BCUT2D eigenvalue weighted by atomic mass is 16.5. The molecular weight excluding hydrogens is 426 g/mol. The quantitative estimate of drug-likeness (QED) is 0.318. The molecule has 6 heteroatoms. The van der Waals surface area contributed by atoms with Crippen LogP contribution in [0.1, 0.15) is 40.0 Å². The summed E-state index contributed by atoms with van der Waals surface area (Å²) in [5, 5.41) is 8.75. The first-order valence-electron chi connectivity index (χ1n) is 12.0. The molecule has 0 aliphatic carbocycles. The maximum Gasteiger partial charge on any atom is 0.329 e. The lowest BCUT2D eigenvalue weighted by Crippen LogP contribution is -2.40. The standard InChI is InChI=1S/C28H35N3O3/c1-4-24(21(2)3)31(17-11-12-18-34-20-26(32)33)25-19-29-27(22-13-7-5-8-14-22)28(30-25)23-15-9-6-10-16-23/h5-10,13-16,19,21,24H,4,11-12,17-18,20H2,1-3H3,(H,32,33). The number of anilines is 1. The van der Waals surface area contributed by atoms with E-state index >= 15 is 0 Å². The fourth-order valence-corrected chi connectivity index (χ4v) is 4.27. The lowest BCUT2D eigenvalue weighted by Gasteiger charge is -2.35. The third kappa shape index (κ3) is 6.87. The number of rotatable bonds is 13. The highest BCUT2D eigenvalue weighted by molar-refractivity contribution is 5.78. The molecule has 1 heterocycles. The summed E-state index contributed by atoms with van der Waals surface area (Å²) in [6, 6.07) is 20.7. The van der Waals surface area contributed by atoms with Gasteiger partial charge in [0.1, 0.15) is 12.4 Å². The minimum Gasteiger partial charge on any atom is -0.480 e. The van der Waals surface area contributed by atoms with Gasteiger partial charge in [0.25, 0.3) is 0 Å². The van der Waals surface area contributed by atoms with Gasteiger partial charge in [-0.2, -0.15) is 0 Å². The van der Waals surface area contributed by atoms with Crippen LogP contribution in [0.4, 0.5) is 5.82 Å². The molecule has 0 aliphatic heterocycles. The van der Waals surface area contributed by atoms with E-state index in [1.54, 1.807) is 0 Å². The number of nitrogens with zero attached hydrogens (tertiary/aromatic N) is 3. The van der Waals surface area contributed by atoms with Gasteiger partial charge in [0, 0.05) is 30.3 Å². The molecule has 180 valence electrons. The molecule has 1 unspecified atom stereocenters. The molecule has 6 nitrogen and oxygen atoms in total. The average molecular weight is 462 g/mol. The topological polar surface area (TPSA) is 75.5 Å². The minimum absolute atomic E-state index is 0.250. The predicted octanol–water partition coefficient (Wildman–Crippen LogP) is 5.93. The van der Waals surface area contributed by atoms with Crippen LogP contribution in [0.15, 0.2) is 66.9 Å². The molecular formula is C28H35N3O3. The van der Waals surface area contributed by atoms with E-state index in [0.717, 1.165) is 54.1 Å². The van der Waals surface area contributed by atoms with Gasteiger partial charge in [-0.05, 0) is 25.2 Å². The van der Waals surface area contributed by atoms with E-state index in [0.29, 0.717) is 18.6 Å². The smallest absolute Gasteiger partial charge is 0.329 e. The van der Waals surface area contributed by atoms with Crippen molar-refractivity contribution in [1.29, 1.82) is 0 Å². The SMILES string of the molecule is CCC(C(C)C)N(CCCCOCC(=O)O)c1cnc(-c2ccccc2)c(-c2ccccc2)n1. The van der Waals surface area contributed by atoms with E-state index in [1.807, 2.05) is 42.6 Å². The molecule has 0 spiro atoms. The van der Waals surface area contributed by atoms with Crippen molar-refractivity contribution in [3.63, 3.8) is 0 Å². The van der Waals surface area contributed by atoms with Gasteiger partial charge in [-0.15, -0.1) is 0 Å². The fraction of sp³-hybridized carbons (Fsp3) is 0.393. The maximum atomic E-state index is 10.7. The number of benzene rings is 2. The van der Waals surface area contributed by atoms with Gasteiger partial charge in [0.05, 0.1) is 17.6 Å². The molecule has 0 saturated carbocycles. The zero-order valence-corrected chi connectivity index (χ0v) is 20.4. The molecule has 0 fully saturated rings. The monoisotopic (exact) mass is 461 g/mol. The molecule has 34 heavy (non-hydrogen) atoms. The van der Waals surface area contributed by atoms with Crippen LogP contribution < -0.4 is 4.90 Å². The first-order chi connectivity index (χ1) is 16.5. The molecule has 0 bridgehead atoms. The van der Waals surface area contributed by atoms with Crippen LogP contribution in [0.2, 0.25) is 0 Å². The van der Waals surface area contributed by atoms with Crippen molar-refractivity contribution < 1.29 is 14.6 Å². The van der Waals surface area contributed by atoms with Crippen molar-refractivity contribution in [1.82, 2.24) is 9.97 Å². The van der Waals surface area contributed by atoms with Crippen molar-refractivity contribution in [2.24, 2.45) is 5.92 Å². The van der Waals surface area contributed by atoms with Crippen molar-refractivity contribution in [2.45, 2.75) is 46.1 Å². The van der Waals surface area contributed by atoms with Gasteiger partial charge in [-0.1, -0.05) is 81.4 Å². The van der Waals surface area contributed by atoms with Crippen LogP contribution in [0, 0.1) is 5.92 Å². The number of hydrogen-bond donors (Lipinski definition) is 1. The maximum absolute atomic E-state index is 10.7. The van der Waals surface area contributed by atoms with Crippen LogP contribution in [0.5, 0.6) is 0 Å². The van der Waals surface area contributed by atoms with Gasteiger partial charge in [0.2, 0.25) is 0 Å². The lowest BCUT2D eigenvalue weighted by molar-refractivity contribution is -0.142. The largest absolute Gasteiger partial charge is 0.480 e. The Morgan fingerprint density at radius 3 is 2.15 bits per heavy atom. The van der Waals surface area contributed by atoms with E-state index in [1.165, 1.54) is 0 Å². The number of hydrogen-bond acceptors (Lipinski definition) is 5. The van der Waals surface area contributed by atoms with Crippen LogP contribution in [0.3, 0.4) is 0 Å². The molecule has 3 rings (SSSR count). The Hall–Kier alpha value is -3.25. The number of carboxylic acid groups (broad SMARTS) is 1. The summed E-state index contributed by atoms with van der Waals surface area (Å²) < 4.78 is 5.21. The number of aromatic nitrogens is 2. The average Bonchev–Trinajstić information content (AvgIpc) is 2.85. The molecule has 0 radical (unpaired) electrons. The predicted molar refractivity (Wildman–Crippen MR) is 137 cm³/mol. The molecule has 1 aromatic heterocycles. The highest BCUT2D eigenvalue weighted by Crippen LogP contribution is 2.32. The number of carbonyl (C=O) groups is 1. The van der Waals surface area contributed by atoms with Crippen LogP contribution in [-0.2, 0) is 9.53 Å². The number of unbranched alkanes of at least 4 members (excludes halogenated alkanes) is 1. The third-order valence-electron chi connectivity index (χ3n) is 5.90. The molecule has 0 aliphatic rings. The van der Waals surface area contributed by atoms with Gasteiger partial charge >= 0.3 is 5.97 Å². The second-order valence-electron chi connectivity index (χ2n) is 8.72. The zero-order valence-electron chi connectivity index (χ0n) is 20.4. The third-order valence-corrected chi connectivity index (χ3v) is 5.90. The number of ether oxygens (including phenoxy) is 1. The summed E-state index contributed by atoms with van der Waals surface area (Å²) >= 11 is 0. The van der Waals surface area contributed by atoms with E-state index in [9.17, 15) is 4.79 Å². The Morgan fingerprint density at radius 1 is 0.971 bits per heavy atom. The summed E-state index contributed by atoms with van der Waals surface area (Å²) in [4.78, 5) is 23.1. The first kappa shape index (κ1) is 25.4. The zero-order chi connectivity index (χ0) is 24.3. The minimum atomic E-state index is -0.935. The van der Waals surface area contributed by atoms with Gasteiger partial charge in [-0.25, -0.2) is 9.78 Å². The summed E-state index contributed by atoms with van der Waals surface area (Å²) in [5.41, 5.74) is 3.82. The van der Waals surface area contributed by atoms with Crippen LogP contribution in [0.25, 0.3) is 22.5 Å². The van der Waals surface area contributed by atoms with E-state index in [2.05, 4.69) is 49.9 Å². The Bertz CT molecular complexity index is 1030. The fourth-order valence-electron chi connectivity index (χ4n) is 4.27. The van der Waals surface area contributed by atoms with Crippen molar-refractivity contribution in [2.75, 3.05) is 24.7 Å². The molecule has 3 aromatic rings. The number of carboxylic acids is 1. The summed E-state index contributed by atoms with van der Waals surface area (Å²) in [5.74, 6) is 0.379. The second-order valence-corrected chi connectivity index (χ2v) is 8.72. The van der Waals surface area contributed by atoms with Crippen molar-refractivity contribution >= 4 is 11.8 Å². The van der Waals surface area contributed by atoms with E-state index in [-0.39, 0.29) is 6.61 Å². The highest BCUT2D eigenvalue weighted by Gasteiger charge is 2.23. The normalized spacial score (nSPS) is 12.0. The van der Waals surface area contributed by atoms with E-state index < -0.39 is 5.97 Å². The summed E-state index contributed by atoms with van der Waals surface area (Å²) in [7, 11) is 0. The Labute approximate surface area is 202 Å². The van der Waals surface area contributed by atoms with Crippen LogP contribution >= 0.6 is 0 Å². The Kier molecular flexibility index (Phi) is 9.59. The first-order valence-corrected chi connectivity index (χ1v) is 12.0. The van der Waals surface area contributed by atoms with Crippen molar-refractivity contribution in [3.8, 4) is 22.5 Å². The van der Waals surface area contributed by atoms with Gasteiger partial charge < -0.3 is 14.7 Å². The van der Waals surface area contributed by atoms with E-state index in [4.69, 9.17) is 19.8 Å². The Balaban J connectivity index is 1.92. The molecule has 2 aromatic carbocycles. The van der Waals surface area contributed by atoms with Gasteiger partial charge in [0.15, 0.2) is 0 Å². The molecule has 1 atom stereocenters. The molecule has 0 amide bonds. The number of aliphatic carboxylic acids is 1.